The Kier molecular flexibility index (Phi) is 3.12. The first-order valence-corrected chi connectivity index (χ1v) is 6.95. The van der Waals surface area contributed by atoms with Gasteiger partial charge in [-0.15, -0.1) is 0 Å². The van der Waals surface area contributed by atoms with Gasteiger partial charge < -0.3 is 10.0 Å². The van der Waals surface area contributed by atoms with E-state index in [0.29, 0.717) is 19.0 Å². The highest BCUT2D eigenvalue weighted by atomic mass is 16.4. The van der Waals surface area contributed by atoms with Gasteiger partial charge in [-0.3, -0.25) is 9.69 Å². The summed E-state index contributed by atoms with van der Waals surface area (Å²) in [7, 11) is 1.83. The number of rotatable bonds is 2. The molecule has 0 aromatic heterocycles. The Morgan fingerprint density at radius 3 is 2.60 bits per heavy atom. The quantitative estimate of drug-likeness (QED) is 0.900. The second-order valence-corrected chi connectivity index (χ2v) is 5.51. The second-order valence-electron chi connectivity index (χ2n) is 5.51. The summed E-state index contributed by atoms with van der Waals surface area (Å²) in [6.45, 7) is 0.462. The summed E-state index contributed by atoms with van der Waals surface area (Å²) in [5.41, 5.74) is 1.48. The minimum Gasteiger partial charge on any atom is -0.481 e. The van der Waals surface area contributed by atoms with E-state index in [9.17, 15) is 14.7 Å². The number of carbonyl (C=O) groups excluding carboxylic acids is 1. The Hall–Kier alpha value is -2.04. The second kappa shape index (κ2) is 4.81. The Balaban J connectivity index is 1.92. The average molecular weight is 274 g/mol. The van der Waals surface area contributed by atoms with Crippen LogP contribution in [0.3, 0.4) is 0 Å². The number of hydrogen-bond acceptors (Lipinski definition) is 2. The number of para-hydroxylation sites is 1. The molecule has 1 fully saturated rings. The average Bonchev–Trinajstić information content (AvgIpc) is 3.29. The molecule has 1 heterocycles. The first kappa shape index (κ1) is 13.0. The molecule has 1 aromatic rings. The molecule has 1 aliphatic heterocycles. The lowest BCUT2D eigenvalue weighted by Gasteiger charge is -2.35. The van der Waals surface area contributed by atoms with Crippen molar-refractivity contribution in [3.63, 3.8) is 0 Å². The van der Waals surface area contributed by atoms with E-state index in [4.69, 9.17) is 0 Å². The minimum atomic E-state index is -0.819. The molecule has 0 radical (unpaired) electrons. The number of nitrogens with zero attached hydrogens (tertiary/aromatic N) is 2. The van der Waals surface area contributed by atoms with Crippen LogP contribution in [0.25, 0.3) is 0 Å². The smallest absolute Gasteiger partial charge is 0.324 e. The van der Waals surface area contributed by atoms with Crippen molar-refractivity contribution in [3.05, 3.63) is 29.8 Å². The van der Waals surface area contributed by atoms with Gasteiger partial charge in [0, 0.05) is 25.3 Å². The van der Waals surface area contributed by atoms with Crippen LogP contribution in [0.5, 0.6) is 0 Å². The summed E-state index contributed by atoms with van der Waals surface area (Å²) >= 11 is 0. The number of amides is 2. The summed E-state index contributed by atoms with van der Waals surface area (Å²) in [5, 5.41) is 9.30. The summed E-state index contributed by atoms with van der Waals surface area (Å²) < 4.78 is 0. The fraction of sp³-hybridized carbons (Fsp3) is 0.467. The molecule has 0 bridgehead atoms. The predicted octanol–water partition coefficient (Wildman–Crippen LogP) is 2.28. The highest BCUT2D eigenvalue weighted by Gasteiger charge is 2.37. The third-order valence-corrected chi connectivity index (χ3v) is 4.17. The molecule has 0 saturated heterocycles. The molecule has 106 valence electrons. The van der Waals surface area contributed by atoms with E-state index in [-0.39, 0.29) is 6.03 Å². The van der Waals surface area contributed by atoms with E-state index >= 15 is 0 Å². The zero-order valence-corrected chi connectivity index (χ0v) is 11.5. The lowest BCUT2D eigenvalue weighted by molar-refractivity contribution is -0.139. The number of carbonyl (C=O) groups is 2. The summed E-state index contributed by atoms with van der Waals surface area (Å²) in [5.74, 6) is -1.33. The third kappa shape index (κ3) is 2.13. The number of urea groups is 1. The van der Waals surface area contributed by atoms with Crippen molar-refractivity contribution < 1.29 is 14.7 Å². The highest BCUT2D eigenvalue weighted by molar-refractivity contribution is 5.95. The fourth-order valence-electron chi connectivity index (χ4n) is 2.83. The predicted molar refractivity (Wildman–Crippen MR) is 75.0 cm³/mol. The van der Waals surface area contributed by atoms with Gasteiger partial charge in [0.05, 0.1) is 5.92 Å². The summed E-state index contributed by atoms with van der Waals surface area (Å²) in [6.07, 6.45) is 2.60. The van der Waals surface area contributed by atoms with Gasteiger partial charge in [-0.1, -0.05) is 18.2 Å². The van der Waals surface area contributed by atoms with Crippen molar-refractivity contribution in [3.8, 4) is 0 Å². The molecule has 1 saturated carbocycles. The van der Waals surface area contributed by atoms with Crippen LogP contribution in [-0.2, 0) is 4.79 Å². The molecule has 1 unspecified atom stereocenters. The lowest BCUT2D eigenvalue weighted by Crippen LogP contribution is -2.45. The zero-order valence-electron chi connectivity index (χ0n) is 11.5. The Bertz CT molecular complexity index is 554. The monoisotopic (exact) mass is 274 g/mol. The van der Waals surface area contributed by atoms with Crippen LogP contribution in [0.4, 0.5) is 10.5 Å². The number of hydrogen-bond donors (Lipinski definition) is 1. The van der Waals surface area contributed by atoms with Gasteiger partial charge in [-0.25, -0.2) is 4.79 Å². The van der Waals surface area contributed by atoms with E-state index in [1.165, 1.54) is 0 Å². The normalized spacial score (nSPS) is 21.2. The molecule has 1 atom stereocenters. The lowest BCUT2D eigenvalue weighted by atomic mass is 9.90. The van der Waals surface area contributed by atoms with E-state index in [1.54, 1.807) is 9.80 Å². The molecule has 1 aliphatic carbocycles. The number of anilines is 1. The number of aliphatic carboxylic acids is 1. The molecule has 2 amide bonds. The van der Waals surface area contributed by atoms with Crippen LogP contribution in [0.15, 0.2) is 24.3 Å². The minimum absolute atomic E-state index is 0.0243. The largest absolute Gasteiger partial charge is 0.481 e. The van der Waals surface area contributed by atoms with Crippen molar-refractivity contribution in [2.24, 2.45) is 0 Å². The first-order valence-electron chi connectivity index (χ1n) is 6.95. The van der Waals surface area contributed by atoms with Crippen LogP contribution in [0, 0.1) is 0 Å². The summed E-state index contributed by atoms with van der Waals surface area (Å²) in [6, 6.07) is 7.65. The number of carboxylic acids is 1. The Morgan fingerprint density at radius 2 is 1.95 bits per heavy atom. The van der Waals surface area contributed by atoms with Crippen molar-refractivity contribution in [2.45, 2.75) is 31.2 Å². The molecular weight excluding hydrogens is 256 g/mol. The maximum absolute atomic E-state index is 12.5. The number of benzene rings is 1. The zero-order chi connectivity index (χ0) is 14.3. The van der Waals surface area contributed by atoms with Gasteiger partial charge >= 0.3 is 12.0 Å². The van der Waals surface area contributed by atoms with Crippen molar-refractivity contribution in [2.75, 3.05) is 18.5 Å². The molecule has 20 heavy (non-hydrogen) atoms. The molecule has 1 aromatic carbocycles. The Labute approximate surface area is 117 Å². The molecule has 0 spiro atoms. The van der Waals surface area contributed by atoms with Crippen molar-refractivity contribution in [1.29, 1.82) is 0 Å². The van der Waals surface area contributed by atoms with E-state index in [2.05, 4.69) is 0 Å². The van der Waals surface area contributed by atoms with Crippen LogP contribution < -0.4 is 4.90 Å². The molecule has 2 aliphatic rings. The molecule has 3 rings (SSSR count). The van der Waals surface area contributed by atoms with Crippen LogP contribution >= 0.6 is 0 Å². The van der Waals surface area contributed by atoms with Gasteiger partial charge in [0.1, 0.15) is 0 Å². The molecule has 5 nitrogen and oxygen atoms in total. The van der Waals surface area contributed by atoms with Crippen molar-refractivity contribution >= 4 is 17.7 Å². The molecule has 5 heteroatoms. The first-order chi connectivity index (χ1) is 9.59. The van der Waals surface area contributed by atoms with Gasteiger partial charge in [0.2, 0.25) is 0 Å². The van der Waals surface area contributed by atoms with E-state index in [1.807, 2.05) is 31.3 Å². The number of fused-ring (bicyclic) bond motifs is 1. The number of carboxylic acid groups (broad SMARTS) is 1. The van der Waals surface area contributed by atoms with E-state index < -0.39 is 11.9 Å². The van der Waals surface area contributed by atoms with Crippen LogP contribution in [0.1, 0.15) is 30.7 Å². The maximum atomic E-state index is 12.5. The molecule has 1 N–H and O–H groups in total. The van der Waals surface area contributed by atoms with Gasteiger partial charge in [-0.2, -0.15) is 0 Å². The van der Waals surface area contributed by atoms with E-state index in [0.717, 1.165) is 24.1 Å². The SMILES string of the molecule is CN(C(=O)N1CCC(C(=O)O)c2ccccc21)C1CC1. The molecular formula is C15H18N2O3. The highest BCUT2D eigenvalue weighted by Crippen LogP contribution is 2.37. The maximum Gasteiger partial charge on any atom is 0.324 e. The van der Waals surface area contributed by atoms with Crippen molar-refractivity contribution in [1.82, 2.24) is 4.90 Å². The van der Waals surface area contributed by atoms with Gasteiger partial charge in [0.15, 0.2) is 0 Å². The van der Waals surface area contributed by atoms with Crippen LogP contribution in [-0.4, -0.2) is 41.6 Å². The van der Waals surface area contributed by atoms with Gasteiger partial charge in [0.25, 0.3) is 0 Å². The van der Waals surface area contributed by atoms with Crippen LogP contribution in [0.2, 0.25) is 0 Å². The fourth-order valence-corrected chi connectivity index (χ4v) is 2.83. The summed E-state index contributed by atoms with van der Waals surface area (Å²) in [4.78, 5) is 27.3. The Morgan fingerprint density at radius 1 is 1.25 bits per heavy atom. The standard InChI is InChI=1S/C15H18N2O3/c1-16(10-6-7-10)15(20)17-9-8-12(14(18)19)11-4-2-3-5-13(11)17/h2-5,10,12H,6-9H2,1H3,(H,18,19). The third-order valence-electron chi connectivity index (χ3n) is 4.17. The van der Waals surface area contributed by atoms with Gasteiger partial charge in [-0.05, 0) is 30.9 Å². The topological polar surface area (TPSA) is 60.9 Å².